The maximum Gasteiger partial charge on any atom is 0.0369 e. The van der Waals surface area contributed by atoms with E-state index in [1.54, 1.807) is 0 Å². The fourth-order valence-corrected chi connectivity index (χ4v) is 3.26. The van der Waals surface area contributed by atoms with E-state index in [2.05, 4.69) is 34.1 Å². The van der Waals surface area contributed by atoms with Crippen LogP contribution in [0, 0.1) is 0 Å². The van der Waals surface area contributed by atoms with Crippen molar-refractivity contribution in [3.63, 3.8) is 0 Å². The summed E-state index contributed by atoms with van der Waals surface area (Å²) in [6.45, 7) is 5.63. The van der Waals surface area contributed by atoms with Gasteiger partial charge in [-0.05, 0) is 50.0 Å². The molecule has 1 atom stereocenters. The van der Waals surface area contributed by atoms with Crippen molar-refractivity contribution >= 4 is 5.69 Å². The zero-order chi connectivity index (χ0) is 12.4. The number of hydrogen-bond donors (Lipinski definition) is 1. The second kappa shape index (κ2) is 5.29. The standard InChI is InChI=1S/C15H23N3/c16-11-13-4-3-5-14(10-13)18-9-6-15(12-18)17-7-1-2-8-17/h3-5,10,15H,1-2,6-9,11-12,16H2. The smallest absolute Gasteiger partial charge is 0.0369 e. The van der Waals surface area contributed by atoms with Gasteiger partial charge in [0.2, 0.25) is 0 Å². The average molecular weight is 245 g/mol. The highest BCUT2D eigenvalue weighted by atomic mass is 15.3. The Bertz CT molecular complexity index is 398. The molecule has 2 saturated heterocycles. The molecule has 2 aliphatic rings. The van der Waals surface area contributed by atoms with E-state index in [0.717, 1.165) is 6.04 Å². The first-order chi connectivity index (χ1) is 8.86. The van der Waals surface area contributed by atoms with E-state index >= 15 is 0 Å². The molecule has 2 N–H and O–H groups in total. The predicted molar refractivity (Wildman–Crippen MR) is 75.8 cm³/mol. The van der Waals surface area contributed by atoms with Gasteiger partial charge in [-0.25, -0.2) is 0 Å². The summed E-state index contributed by atoms with van der Waals surface area (Å²) in [6, 6.07) is 9.46. The van der Waals surface area contributed by atoms with Gasteiger partial charge in [-0.3, -0.25) is 4.90 Å². The minimum Gasteiger partial charge on any atom is -0.370 e. The number of anilines is 1. The molecule has 1 aromatic rings. The Labute approximate surface area is 110 Å². The average Bonchev–Trinajstić information content (AvgIpc) is 3.09. The first-order valence-electron chi connectivity index (χ1n) is 7.15. The van der Waals surface area contributed by atoms with Crippen molar-refractivity contribution in [2.45, 2.75) is 31.8 Å². The van der Waals surface area contributed by atoms with Gasteiger partial charge in [-0.15, -0.1) is 0 Å². The van der Waals surface area contributed by atoms with Gasteiger partial charge in [-0.2, -0.15) is 0 Å². The molecule has 0 aliphatic carbocycles. The lowest BCUT2D eigenvalue weighted by molar-refractivity contribution is 0.260. The Kier molecular flexibility index (Phi) is 3.52. The minimum atomic E-state index is 0.636. The van der Waals surface area contributed by atoms with E-state index in [0.29, 0.717) is 6.54 Å². The van der Waals surface area contributed by atoms with Crippen molar-refractivity contribution in [3.05, 3.63) is 29.8 Å². The highest BCUT2D eigenvalue weighted by Gasteiger charge is 2.29. The molecule has 0 saturated carbocycles. The molecule has 3 nitrogen and oxygen atoms in total. The van der Waals surface area contributed by atoms with Crippen LogP contribution in [0.4, 0.5) is 5.69 Å². The summed E-state index contributed by atoms with van der Waals surface area (Å²) in [5.41, 5.74) is 8.30. The van der Waals surface area contributed by atoms with Crippen LogP contribution >= 0.6 is 0 Å². The Morgan fingerprint density at radius 3 is 2.78 bits per heavy atom. The van der Waals surface area contributed by atoms with Gasteiger partial charge < -0.3 is 10.6 Å². The number of rotatable bonds is 3. The van der Waals surface area contributed by atoms with Gasteiger partial charge in [0.05, 0.1) is 0 Å². The number of nitrogens with zero attached hydrogens (tertiary/aromatic N) is 2. The molecule has 0 radical (unpaired) electrons. The highest BCUT2D eigenvalue weighted by molar-refractivity contribution is 5.49. The van der Waals surface area contributed by atoms with Gasteiger partial charge in [-0.1, -0.05) is 12.1 Å². The molecule has 0 aromatic heterocycles. The van der Waals surface area contributed by atoms with Crippen LogP contribution in [0.25, 0.3) is 0 Å². The maximum atomic E-state index is 5.72. The zero-order valence-corrected chi connectivity index (χ0v) is 11.0. The molecule has 1 unspecified atom stereocenters. The highest BCUT2D eigenvalue weighted by Crippen LogP contribution is 2.25. The molecule has 0 spiro atoms. The number of benzene rings is 1. The van der Waals surface area contributed by atoms with Crippen LogP contribution in [0.5, 0.6) is 0 Å². The summed E-state index contributed by atoms with van der Waals surface area (Å²) >= 11 is 0. The van der Waals surface area contributed by atoms with Gasteiger partial charge in [0.25, 0.3) is 0 Å². The molecule has 0 amide bonds. The summed E-state index contributed by atoms with van der Waals surface area (Å²) in [5.74, 6) is 0. The zero-order valence-electron chi connectivity index (χ0n) is 11.0. The molecule has 0 bridgehead atoms. The molecule has 98 valence electrons. The lowest BCUT2D eigenvalue weighted by Crippen LogP contribution is -2.35. The molecular weight excluding hydrogens is 222 g/mol. The van der Waals surface area contributed by atoms with E-state index in [-0.39, 0.29) is 0 Å². The molecule has 3 rings (SSSR count). The topological polar surface area (TPSA) is 32.5 Å². The third-order valence-corrected chi connectivity index (χ3v) is 4.33. The summed E-state index contributed by atoms with van der Waals surface area (Å²) in [5, 5.41) is 0. The largest absolute Gasteiger partial charge is 0.370 e. The van der Waals surface area contributed by atoms with Crippen molar-refractivity contribution in [2.75, 3.05) is 31.1 Å². The lowest BCUT2D eigenvalue weighted by atomic mass is 10.2. The first-order valence-corrected chi connectivity index (χ1v) is 7.15. The Morgan fingerprint density at radius 1 is 1.17 bits per heavy atom. The summed E-state index contributed by atoms with van der Waals surface area (Å²) < 4.78 is 0. The second-order valence-electron chi connectivity index (χ2n) is 5.51. The number of likely N-dealkylation sites (tertiary alicyclic amines) is 1. The summed E-state index contributed by atoms with van der Waals surface area (Å²) in [4.78, 5) is 5.19. The molecule has 2 fully saturated rings. The van der Waals surface area contributed by atoms with Crippen LogP contribution in [0.2, 0.25) is 0 Å². The monoisotopic (exact) mass is 245 g/mol. The fourth-order valence-electron chi connectivity index (χ4n) is 3.26. The Morgan fingerprint density at radius 2 is 2.00 bits per heavy atom. The van der Waals surface area contributed by atoms with Crippen molar-refractivity contribution < 1.29 is 0 Å². The summed E-state index contributed by atoms with van der Waals surface area (Å²) in [6.07, 6.45) is 4.09. The molecule has 18 heavy (non-hydrogen) atoms. The second-order valence-corrected chi connectivity index (χ2v) is 5.51. The number of nitrogens with two attached hydrogens (primary N) is 1. The quantitative estimate of drug-likeness (QED) is 0.881. The fraction of sp³-hybridized carbons (Fsp3) is 0.600. The van der Waals surface area contributed by atoms with E-state index in [4.69, 9.17) is 5.73 Å². The predicted octanol–water partition coefficient (Wildman–Crippen LogP) is 1.82. The first kappa shape index (κ1) is 12.0. The van der Waals surface area contributed by atoms with E-state index in [1.165, 1.54) is 56.7 Å². The Hall–Kier alpha value is -1.06. The van der Waals surface area contributed by atoms with Crippen LogP contribution in [0.15, 0.2) is 24.3 Å². The van der Waals surface area contributed by atoms with Gasteiger partial charge in [0, 0.05) is 31.4 Å². The SMILES string of the molecule is NCc1cccc(N2CCC(N3CCCC3)C2)c1. The Balaban J connectivity index is 1.67. The molecule has 2 heterocycles. The van der Waals surface area contributed by atoms with Crippen LogP contribution in [0.1, 0.15) is 24.8 Å². The van der Waals surface area contributed by atoms with E-state index < -0.39 is 0 Å². The minimum absolute atomic E-state index is 0.636. The van der Waals surface area contributed by atoms with Crippen LogP contribution in [-0.2, 0) is 6.54 Å². The molecule has 2 aliphatic heterocycles. The van der Waals surface area contributed by atoms with Gasteiger partial charge in [0.15, 0.2) is 0 Å². The van der Waals surface area contributed by atoms with Gasteiger partial charge >= 0.3 is 0 Å². The number of hydrogen-bond acceptors (Lipinski definition) is 3. The van der Waals surface area contributed by atoms with Crippen molar-refractivity contribution in [3.8, 4) is 0 Å². The van der Waals surface area contributed by atoms with E-state index in [1.807, 2.05) is 0 Å². The maximum absolute atomic E-state index is 5.72. The van der Waals surface area contributed by atoms with Crippen LogP contribution < -0.4 is 10.6 Å². The normalized spacial score (nSPS) is 24.9. The van der Waals surface area contributed by atoms with Crippen molar-refractivity contribution in [1.29, 1.82) is 0 Å². The third-order valence-electron chi connectivity index (χ3n) is 4.33. The third kappa shape index (κ3) is 2.38. The molecule has 1 aromatic carbocycles. The van der Waals surface area contributed by atoms with Crippen molar-refractivity contribution in [1.82, 2.24) is 4.90 Å². The van der Waals surface area contributed by atoms with Crippen molar-refractivity contribution in [2.24, 2.45) is 5.73 Å². The van der Waals surface area contributed by atoms with Gasteiger partial charge in [0.1, 0.15) is 0 Å². The summed E-state index contributed by atoms with van der Waals surface area (Å²) in [7, 11) is 0. The lowest BCUT2D eigenvalue weighted by Gasteiger charge is -2.24. The molecular formula is C15H23N3. The van der Waals surface area contributed by atoms with Crippen LogP contribution in [-0.4, -0.2) is 37.1 Å². The van der Waals surface area contributed by atoms with E-state index in [9.17, 15) is 0 Å². The molecule has 3 heteroatoms. The van der Waals surface area contributed by atoms with Crippen LogP contribution in [0.3, 0.4) is 0 Å².